The van der Waals surface area contributed by atoms with Crippen LogP contribution in [0.15, 0.2) is 18.3 Å². The Balaban J connectivity index is 2.76. The van der Waals surface area contributed by atoms with Gasteiger partial charge in [-0.05, 0) is 18.1 Å². The number of halogens is 1. The summed E-state index contributed by atoms with van der Waals surface area (Å²) in [6, 6.07) is 3.74. The van der Waals surface area contributed by atoms with Gasteiger partial charge in [-0.25, -0.2) is 4.98 Å². The molecular formula is C13H16ClN3S. The molecule has 5 heteroatoms. The van der Waals surface area contributed by atoms with Gasteiger partial charge in [0.25, 0.3) is 0 Å². The van der Waals surface area contributed by atoms with Crippen LogP contribution in [0.1, 0.15) is 44.0 Å². The van der Waals surface area contributed by atoms with E-state index in [-0.39, 0.29) is 5.92 Å². The van der Waals surface area contributed by atoms with Gasteiger partial charge in [-0.2, -0.15) is 0 Å². The zero-order valence-corrected chi connectivity index (χ0v) is 12.2. The molecule has 0 aromatic carbocycles. The highest BCUT2D eigenvalue weighted by Crippen LogP contribution is 2.28. The normalized spacial score (nSPS) is 13.2. The van der Waals surface area contributed by atoms with Gasteiger partial charge >= 0.3 is 0 Å². The maximum atomic E-state index is 6.05. The van der Waals surface area contributed by atoms with Gasteiger partial charge in [0.1, 0.15) is 5.65 Å². The van der Waals surface area contributed by atoms with Gasteiger partial charge in [0.05, 0.1) is 21.4 Å². The lowest BCUT2D eigenvalue weighted by molar-refractivity contribution is 0.791. The topological polar surface area (TPSA) is 43.3 Å². The smallest absolute Gasteiger partial charge is 0.137 e. The second-order valence-corrected chi connectivity index (χ2v) is 5.64. The average Bonchev–Trinajstić information content (AvgIpc) is 2.66. The quantitative estimate of drug-likeness (QED) is 0.876. The minimum Gasteiger partial charge on any atom is -0.393 e. The number of hydrogen-bond acceptors (Lipinski definition) is 2. The Labute approximate surface area is 117 Å². The molecule has 96 valence electrons. The first-order valence-electron chi connectivity index (χ1n) is 5.88. The van der Waals surface area contributed by atoms with E-state index in [0.29, 0.717) is 15.9 Å². The number of aromatic nitrogens is 2. The first-order chi connectivity index (χ1) is 8.41. The minimum absolute atomic E-state index is 0.0223. The maximum Gasteiger partial charge on any atom is 0.137 e. The number of nitrogens with zero attached hydrogens (tertiary/aromatic N) is 2. The third-order valence-electron chi connectivity index (χ3n) is 3.03. The fraction of sp³-hybridized carbons (Fsp3) is 0.385. The van der Waals surface area contributed by atoms with Crippen molar-refractivity contribution in [2.75, 3.05) is 0 Å². The summed E-state index contributed by atoms with van der Waals surface area (Å²) in [5, 5.41) is 0.673. The third kappa shape index (κ3) is 2.22. The summed E-state index contributed by atoms with van der Waals surface area (Å²) < 4.78 is 1.99. The van der Waals surface area contributed by atoms with E-state index in [1.54, 1.807) is 0 Å². The van der Waals surface area contributed by atoms with Crippen molar-refractivity contribution in [3.05, 3.63) is 34.7 Å². The van der Waals surface area contributed by atoms with E-state index in [9.17, 15) is 0 Å². The highest BCUT2D eigenvalue weighted by atomic mass is 35.5. The van der Waals surface area contributed by atoms with Crippen molar-refractivity contribution in [2.45, 2.75) is 32.6 Å². The molecule has 1 atom stereocenters. The summed E-state index contributed by atoms with van der Waals surface area (Å²) in [5.74, 6) is 0.293. The van der Waals surface area contributed by atoms with Crippen LogP contribution in [-0.4, -0.2) is 14.4 Å². The van der Waals surface area contributed by atoms with E-state index < -0.39 is 0 Å². The van der Waals surface area contributed by atoms with Gasteiger partial charge in [0.2, 0.25) is 0 Å². The van der Waals surface area contributed by atoms with E-state index in [1.807, 2.05) is 29.7 Å². The van der Waals surface area contributed by atoms with E-state index in [1.165, 1.54) is 0 Å². The van der Waals surface area contributed by atoms with Crippen LogP contribution in [0.2, 0.25) is 5.02 Å². The molecular weight excluding hydrogens is 266 g/mol. The highest BCUT2D eigenvalue weighted by molar-refractivity contribution is 7.80. The first-order valence-corrected chi connectivity index (χ1v) is 6.67. The SMILES string of the molecule is CC(C)c1nc2ccc(Cl)cn2c1C(C)C(N)=S. The summed E-state index contributed by atoms with van der Waals surface area (Å²) >= 11 is 11.2. The van der Waals surface area contributed by atoms with Crippen LogP contribution >= 0.6 is 23.8 Å². The zero-order valence-electron chi connectivity index (χ0n) is 10.6. The van der Waals surface area contributed by atoms with Gasteiger partial charge in [-0.1, -0.05) is 44.6 Å². The van der Waals surface area contributed by atoms with Gasteiger partial charge < -0.3 is 10.1 Å². The predicted octanol–water partition coefficient (Wildman–Crippen LogP) is 3.50. The highest BCUT2D eigenvalue weighted by Gasteiger charge is 2.21. The van der Waals surface area contributed by atoms with Crippen LogP contribution in [0.5, 0.6) is 0 Å². The fourth-order valence-corrected chi connectivity index (χ4v) is 2.32. The molecule has 0 bridgehead atoms. The molecule has 0 amide bonds. The lowest BCUT2D eigenvalue weighted by Gasteiger charge is -2.13. The first kappa shape index (κ1) is 13.3. The van der Waals surface area contributed by atoms with E-state index in [2.05, 4.69) is 18.8 Å². The molecule has 0 saturated carbocycles. The predicted molar refractivity (Wildman–Crippen MR) is 79.5 cm³/mol. The van der Waals surface area contributed by atoms with Crippen LogP contribution in [0.4, 0.5) is 0 Å². The summed E-state index contributed by atoms with van der Waals surface area (Å²) in [6.07, 6.45) is 1.86. The van der Waals surface area contributed by atoms with Crippen molar-refractivity contribution in [3.63, 3.8) is 0 Å². The molecule has 0 radical (unpaired) electrons. The van der Waals surface area contributed by atoms with Crippen molar-refractivity contribution < 1.29 is 0 Å². The molecule has 18 heavy (non-hydrogen) atoms. The maximum absolute atomic E-state index is 6.05. The lowest BCUT2D eigenvalue weighted by Crippen LogP contribution is -2.19. The molecule has 2 rings (SSSR count). The second-order valence-electron chi connectivity index (χ2n) is 4.74. The molecule has 2 aromatic heterocycles. The average molecular weight is 282 g/mol. The number of imidazole rings is 1. The number of thiocarbonyl (C=S) groups is 1. The summed E-state index contributed by atoms with van der Waals surface area (Å²) in [5.41, 5.74) is 8.72. The Hall–Kier alpha value is -1.13. The third-order valence-corrected chi connectivity index (χ3v) is 3.61. The molecule has 0 fully saturated rings. The molecule has 0 aliphatic heterocycles. The molecule has 1 unspecified atom stereocenters. The van der Waals surface area contributed by atoms with Gasteiger partial charge in [0, 0.05) is 12.1 Å². The van der Waals surface area contributed by atoms with Crippen LogP contribution in [0.25, 0.3) is 5.65 Å². The number of nitrogens with two attached hydrogens (primary N) is 1. The van der Waals surface area contributed by atoms with Crippen molar-refractivity contribution in [2.24, 2.45) is 5.73 Å². The van der Waals surface area contributed by atoms with Crippen LogP contribution in [-0.2, 0) is 0 Å². The van der Waals surface area contributed by atoms with Crippen molar-refractivity contribution in [1.82, 2.24) is 9.38 Å². The Morgan fingerprint density at radius 1 is 1.39 bits per heavy atom. The number of pyridine rings is 1. The number of fused-ring (bicyclic) bond motifs is 1. The second kappa shape index (κ2) is 4.86. The summed E-state index contributed by atoms with van der Waals surface area (Å²) in [6.45, 7) is 6.22. The zero-order chi connectivity index (χ0) is 13.4. The van der Waals surface area contributed by atoms with Crippen LogP contribution in [0, 0.1) is 0 Å². The summed E-state index contributed by atoms with van der Waals surface area (Å²) in [4.78, 5) is 5.12. The minimum atomic E-state index is -0.0223. The number of hydrogen-bond donors (Lipinski definition) is 1. The molecule has 0 saturated heterocycles. The molecule has 0 spiro atoms. The number of rotatable bonds is 3. The van der Waals surface area contributed by atoms with E-state index in [0.717, 1.165) is 17.0 Å². The monoisotopic (exact) mass is 281 g/mol. The lowest BCUT2D eigenvalue weighted by atomic mass is 10.00. The van der Waals surface area contributed by atoms with Gasteiger partial charge in [-0.15, -0.1) is 0 Å². The Kier molecular flexibility index (Phi) is 3.59. The van der Waals surface area contributed by atoms with Crippen molar-refractivity contribution >= 4 is 34.5 Å². The molecule has 3 nitrogen and oxygen atoms in total. The fourth-order valence-electron chi connectivity index (χ4n) is 2.05. The Morgan fingerprint density at radius 3 is 2.61 bits per heavy atom. The Morgan fingerprint density at radius 2 is 2.06 bits per heavy atom. The van der Waals surface area contributed by atoms with Crippen LogP contribution in [0.3, 0.4) is 0 Å². The largest absolute Gasteiger partial charge is 0.393 e. The molecule has 2 aromatic rings. The van der Waals surface area contributed by atoms with Crippen molar-refractivity contribution in [3.8, 4) is 0 Å². The van der Waals surface area contributed by atoms with E-state index >= 15 is 0 Å². The van der Waals surface area contributed by atoms with Crippen LogP contribution < -0.4 is 5.73 Å². The summed E-state index contributed by atoms with van der Waals surface area (Å²) in [7, 11) is 0. The molecule has 2 N–H and O–H groups in total. The molecule has 0 aliphatic rings. The molecule has 2 heterocycles. The Bertz CT molecular complexity index is 604. The molecule has 0 aliphatic carbocycles. The van der Waals surface area contributed by atoms with Gasteiger partial charge in [0.15, 0.2) is 0 Å². The van der Waals surface area contributed by atoms with E-state index in [4.69, 9.17) is 29.6 Å². The standard InChI is InChI=1S/C13H16ClN3S/c1-7(2)11-12(8(3)13(15)18)17-6-9(14)4-5-10(17)16-11/h4-8H,1-3H3,(H2,15,18). The van der Waals surface area contributed by atoms with Gasteiger partial charge in [-0.3, -0.25) is 0 Å². The van der Waals surface area contributed by atoms with Crippen molar-refractivity contribution in [1.29, 1.82) is 0 Å².